The van der Waals surface area contributed by atoms with E-state index in [9.17, 15) is 14.7 Å². The molecule has 2 heterocycles. The molecule has 1 aliphatic heterocycles. The highest BCUT2D eigenvalue weighted by Gasteiger charge is 2.39. The predicted octanol–water partition coefficient (Wildman–Crippen LogP) is 3.16. The molecule has 7 heteroatoms. The van der Waals surface area contributed by atoms with Crippen LogP contribution >= 0.6 is 38.9 Å². The minimum absolute atomic E-state index is 0.0295. The van der Waals surface area contributed by atoms with Crippen molar-refractivity contribution in [1.82, 2.24) is 4.90 Å². The number of carbonyl (C=O) groups is 2. The van der Waals surface area contributed by atoms with Gasteiger partial charge in [0, 0.05) is 22.8 Å². The lowest BCUT2D eigenvalue weighted by molar-refractivity contribution is -0.150. The fourth-order valence-corrected chi connectivity index (χ4v) is 4.14. The zero-order valence-electron chi connectivity index (χ0n) is 9.52. The van der Waals surface area contributed by atoms with Gasteiger partial charge < -0.3 is 10.0 Å². The quantitative estimate of drug-likeness (QED) is 0.889. The molecule has 2 rings (SSSR count). The molecular weight excluding hydrogens is 342 g/mol. The molecule has 98 valence electrons. The van der Waals surface area contributed by atoms with E-state index >= 15 is 0 Å². The number of hydrogen-bond donors (Lipinski definition) is 1. The van der Waals surface area contributed by atoms with Gasteiger partial charge in [-0.3, -0.25) is 9.59 Å². The summed E-state index contributed by atoms with van der Waals surface area (Å²) in [6.45, 7) is 0. The van der Waals surface area contributed by atoms with Gasteiger partial charge in [-0.25, -0.2) is 0 Å². The van der Waals surface area contributed by atoms with Crippen LogP contribution in [0, 0.1) is 5.92 Å². The van der Waals surface area contributed by atoms with Crippen LogP contribution in [-0.2, 0) is 9.59 Å². The van der Waals surface area contributed by atoms with Gasteiger partial charge in [-0.15, -0.1) is 11.3 Å². The third kappa shape index (κ3) is 2.41. The number of piperidine rings is 1. The highest BCUT2D eigenvalue weighted by atomic mass is 79.9. The first-order chi connectivity index (χ1) is 8.41. The van der Waals surface area contributed by atoms with E-state index in [1.54, 1.807) is 13.1 Å². The first-order valence-electron chi connectivity index (χ1n) is 5.35. The number of amides is 1. The Morgan fingerprint density at radius 3 is 2.83 bits per heavy atom. The van der Waals surface area contributed by atoms with E-state index < -0.39 is 17.9 Å². The second-order valence-electron chi connectivity index (χ2n) is 4.20. The molecule has 0 aliphatic carbocycles. The van der Waals surface area contributed by atoms with E-state index in [-0.39, 0.29) is 12.3 Å². The lowest BCUT2D eigenvalue weighted by atomic mass is 9.88. The molecule has 2 atom stereocenters. The van der Waals surface area contributed by atoms with Crippen molar-refractivity contribution in [3.05, 3.63) is 19.8 Å². The normalized spacial score (nSPS) is 24.4. The number of thiophene rings is 1. The fraction of sp³-hybridized carbons (Fsp3) is 0.455. The largest absolute Gasteiger partial charge is 0.481 e. The van der Waals surface area contributed by atoms with E-state index in [0.29, 0.717) is 10.8 Å². The number of aliphatic carboxylic acids is 1. The van der Waals surface area contributed by atoms with Crippen molar-refractivity contribution in [3.8, 4) is 0 Å². The molecule has 1 saturated heterocycles. The number of nitrogens with zero attached hydrogens (tertiary/aromatic N) is 1. The molecule has 0 radical (unpaired) electrons. The molecule has 18 heavy (non-hydrogen) atoms. The van der Waals surface area contributed by atoms with E-state index in [1.807, 2.05) is 0 Å². The SMILES string of the molecule is CN1C(=O)CCC(C(=O)O)C1c1cc(Br)c(Cl)s1. The second kappa shape index (κ2) is 5.19. The second-order valence-corrected chi connectivity index (χ2v) is 6.74. The lowest BCUT2D eigenvalue weighted by Crippen LogP contribution is -2.42. The first-order valence-corrected chi connectivity index (χ1v) is 7.33. The van der Waals surface area contributed by atoms with Crippen LogP contribution in [0.25, 0.3) is 0 Å². The monoisotopic (exact) mass is 351 g/mol. The first kappa shape index (κ1) is 13.8. The van der Waals surface area contributed by atoms with Crippen molar-refractivity contribution in [2.24, 2.45) is 5.92 Å². The highest BCUT2D eigenvalue weighted by molar-refractivity contribution is 9.10. The minimum Gasteiger partial charge on any atom is -0.481 e. The zero-order chi connectivity index (χ0) is 13.4. The van der Waals surface area contributed by atoms with Crippen LogP contribution < -0.4 is 0 Å². The lowest BCUT2D eigenvalue weighted by Gasteiger charge is -2.36. The zero-order valence-corrected chi connectivity index (χ0v) is 12.7. The number of carbonyl (C=O) groups excluding carboxylic acids is 1. The van der Waals surface area contributed by atoms with E-state index in [2.05, 4.69) is 15.9 Å². The van der Waals surface area contributed by atoms with Crippen molar-refractivity contribution >= 4 is 50.7 Å². The molecular formula is C11H11BrClNO3S. The van der Waals surface area contributed by atoms with Crippen molar-refractivity contribution < 1.29 is 14.7 Å². The number of carboxylic acids is 1. The van der Waals surface area contributed by atoms with Gasteiger partial charge in [-0.05, 0) is 28.4 Å². The number of likely N-dealkylation sites (tertiary alicyclic amines) is 1. The van der Waals surface area contributed by atoms with Crippen LogP contribution in [0.5, 0.6) is 0 Å². The Labute approximate surface area is 122 Å². The Bertz CT molecular complexity index is 485. The maximum Gasteiger partial charge on any atom is 0.308 e. The summed E-state index contributed by atoms with van der Waals surface area (Å²) in [5.41, 5.74) is 0. The average Bonchev–Trinajstić information content (AvgIpc) is 2.62. The molecule has 1 aliphatic rings. The topological polar surface area (TPSA) is 57.6 Å². The van der Waals surface area contributed by atoms with Gasteiger partial charge in [0.15, 0.2) is 0 Å². The standard InChI is InChI=1S/C11H11BrClNO3S/c1-14-8(15)3-2-5(11(16)17)9(14)7-4-6(12)10(13)18-7/h4-5,9H,2-3H2,1H3,(H,16,17). The number of carboxylic acid groups (broad SMARTS) is 1. The number of hydrogen-bond acceptors (Lipinski definition) is 3. The Kier molecular flexibility index (Phi) is 3.99. The van der Waals surface area contributed by atoms with Crippen LogP contribution in [-0.4, -0.2) is 28.9 Å². The summed E-state index contributed by atoms with van der Waals surface area (Å²) in [4.78, 5) is 25.3. The maximum absolute atomic E-state index is 11.7. The summed E-state index contributed by atoms with van der Waals surface area (Å²) in [7, 11) is 1.64. The van der Waals surface area contributed by atoms with Gasteiger partial charge in [0.1, 0.15) is 4.34 Å². The molecule has 1 N–H and O–H groups in total. The minimum atomic E-state index is -0.875. The van der Waals surface area contributed by atoms with Crippen LogP contribution in [0.4, 0.5) is 0 Å². The van der Waals surface area contributed by atoms with Gasteiger partial charge >= 0.3 is 5.97 Å². The summed E-state index contributed by atoms with van der Waals surface area (Å²) >= 11 is 10.6. The molecule has 1 amide bonds. The predicted molar refractivity (Wildman–Crippen MR) is 72.9 cm³/mol. The third-order valence-electron chi connectivity index (χ3n) is 3.13. The smallest absolute Gasteiger partial charge is 0.308 e. The van der Waals surface area contributed by atoms with Gasteiger partial charge in [-0.2, -0.15) is 0 Å². The van der Waals surface area contributed by atoms with Crippen molar-refractivity contribution in [2.45, 2.75) is 18.9 Å². The van der Waals surface area contributed by atoms with Crippen LogP contribution in [0.3, 0.4) is 0 Å². The number of rotatable bonds is 2. The summed E-state index contributed by atoms with van der Waals surface area (Å²) in [6.07, 6.45) is 0.653. The molecule has 1 aromatic heterocycles. The fourth-order valence-electron chi connectivity index (χ4n) is 2.19. The molecule has 0 spiro atoms. The van der Waals surface area contributed by atoms with E-state index in [1.165, 1.54) is 16.2 Å². The van der Waals surface area contributed by atoms with Crippen LogP contribution in [0.2, 0.25) is 4.34 Å². The average molecular weight is 353 g/mol. The summed E-state index contributed by atoms with van der Waals surface area (Å²) < 4.78 is 1.31. The van der Waals surface area contributed by atoms with Gasteiger partial charge in [0.25, 0.3) is 0 Å². The summed E-state index contributed by atoms with van der Waals surface area (Å²) in [6, 6.07) is 1.36. The molecule has 0 aromatic carbocycles. The molecule has 1 aromatic rings. The number of halogens is 2. The Hall–Kier alpha value is -0.590. The summed E-state index contributed by atoms with van der Waals surface area (Å²) in [5.74, 6) is -1.48. The van der Waals surface area contributed by atoms with Gasteiger partial charge in [-0.1, -0.05) is 11.6 Å². The third-order valence-corrected chi connectivity index (χ3v) is 5.68. The molecule has 0 bridgehead atoms. The highest BCUT2D eigenvalue weighted by Crippen LogP contribution is 2.43. The van der Waals surface area contributed by atoms with E-state index in [4.69, 9.17) is 11.6 Å². The van der Waals surface area contributed by atoms with Crippen molar-refractivity contribution in [2.75, 3.05) is 7.05 Å². The van der Waals surface area contributed by atoms with Crippen molar-refractivity contribution in [1.29, 1.82) is 0 Å². The van der Waals surface area contributed by atoms with Gasteiger partial charge in [0.2, 0.25) is 5.91 Å². The Balaban J connectivity index is 2.40. The molecule has 4 nitrogen and oxygen atoms in total. The summed E-state index contributed by atoms with van der Waals surface area (Å²) in [5, 5.41) is 9.27. The van der Waals surface area contributed by atoms with Gasteiger partial charge in [0.05, 0.1) is 12.0 Å². The Morgan fingerprint density at radius 2 is 2.33 bits per heavy atom. The Morgan fingerprint density at radius 1 is 1.67 bits per heavy atom. The molecule has 2 unspecified atom stereocenters. The van der Waals surface area contributed by atoms with Crippen molar-refractivity contribution in [3.63, 3.8) is 0 Å². The van der Waals surface area contributed by atoms with Crippen LogP contribution in [0.15, 0.2) is 10.5 Å². The van der Waals surface area contributed by atoms with E-state index in [0.717, 1.165) is 9.35 Å². The molecule has 1 fully saturated rings. The van der Waals surface area contributed by atoms with Crippen LogP contribution in [0.1, 0.15) is 23.8 Å². The maximum atomic E-state index is 11.7. The molecule has 0 saturated carbocycles.